The predicted molar refractivity (Wildman–Crippen MR) is 111 cm³/mol. The molecule has 0 aliphatic carbocycles. The Morgan fingerprint density at radius 2 is 1.52 bits per heavy atom. The van der Waals surface area contributed by atoms with E-state index < -0.39 is 0 Å². The summed E-state index contributed by atoms with van der Waals surface area (Å²) in [5, 5.41) is 7.40. The van der Waals surface area contributed by atoms with E-state index >= 15 is 0 Å². The first kappa shape index (κ1) is 16.8. The van der Waals surface area contributed by atoms with Gasteiger partial charge < -0.3 is 10.6 Å². The van der Waals surface area contributed by atoms with Crippen LogP contribution in [-0.4, -0.2) is 10.9 Å². The first-order valence-corrected chi connectivity index (χ1v) is 8.78. The maximum absolute atomic E-state index is 12.3. The molecule has 1 aromatic heterocycles. The standard InChI is InChI=1S/C23H19N3O/c1-16-7-9-18(10-8-16)23(27)26-20-13-11-19(12-14-20)25-21-6-2-4-17-5-3-15-24-22(17)21/h2-15,25H,1H3,(H,26,27). The van der Waals surface area contributed by atoms with E-state index in [0.29, 0.717) is 5.56 Å². The largest absolute Gasteiger partial charge is 0.354 e. The summed E-state index contributed by atoms with van der Waals surface area (Å²) in [6.45, 7) is 2.00. The van der Waals surface area contributed by atoms with Crippen LogP contribution in [0.5, 0.6) is 0 Å². The Kier molecular flexibility index (Phi) is 4.54. The SMILES string of the molecule is Cc1ccc(C(=O)Nc2ccc(Nc3cccc4cccnc34)cc2)cc1. The number of benzene rings is 3. The molecule has 132 valence electrons. The third-order valence-electron chi connectivity index (χ3n) is 4.37. The summed E-state index contributed by atoms with van der Waals surface area (Å²) in [5.74, 6) is -0.117. The van der Waals surface area contributed by atoms with Crippen molar-refractivity contribution in [2.45, 2.75) is 6.92 Å². The van der Waals surface area contributed by atoms with Gasteiger partial charge in [-0.1, -0.05) is 35.9 Å². The van der Waals surface area contributed by atoms with Gasteiger partial charge in [0.2, 0.25) is 0 Å². The molecule has 3 aromatic carbocycles. The summed E-state index contributed by atoms with van der Waals surface area (Å²) in [7, 11) is 0. The van der Waals surface area contributed by atoms with E-state index in [2.05, 4.69) is 15.6 Å². The quantitative estimate of drug-likeness (QED) is 0.506. The number of nitrogens with zero attached hydrogens (tertiary/aromatic N) is 1. The summed E-state index contributed by atoms with van der Waals surface area (Å²) in [6, 6.07) is 25.2. The van der Waals surface area contributed by atoms with E-state index in [4.69, 9.17) is 0 Å². The van der Waals surface area contributed by atoms with Crippen molar-refractivity contribution < 1.29 is 4.79 Å². The lowest BCUT2D eigenvalue weighted by Crippen LogP contribution is -2.11. The van der Waals surface area contributed by atoms with Gasteiger partial charge in [0.25, 0.3) is 5.91 Å². The molecule has 0 aliphatic heterocycles. The average molecular weight is 353 g/mol. The molecule has 0 fully saturated rings. The van der Waals surface area contributed by atoms with E-state index in [1.54, 1.807) is 6.20 Å². The Morgan fingerprint density at radius 1 is 0.815 bits per heavy atom. The van der Waals surface area contributed by atoms with Gasteiger partial charge in [0, 0.05) is 28.5 Å². The van der Waals surface area contributed by atoms with Gasteiger partial charge in [0.1, 0.15) is 0 Å². The number of carbonyl (C=O) groups excluding carboxylic acids is 1. The first-order valence-electron chi connectivity index (χ1n) is 8.78. The van der Waals surface area contributed by atoms with Crippen molar-refractivity contribution in [3.8, 4) is 0 Å². The van der Waals surface area contributed by atoms with Crippen molar-refractivity contribution in [1.82, 2.24) is 4.98 Å². The zero-order valence-electron chi connectivity index (χ0n) is 14.9. The number of para-hydroxylation sites is 1. The Labute approximate surface area is 157 Å². The van der Waals surface area contributed by atoms with Crippen LogP contribution >= 0.6 is 0 Å². The zero-order chi connectivity index (χ0) is 18.6. The van der Waals surface area contributed by atoms with Gasteiger partial charge in [0.05, 0.1) is 11.2 Å². The maximum atomic E-state index is 12.3. The number of fused-ring (bicyclic) bond motifs is 1. The molecule has 4 heteroatoms. The molecule has 4 aromatic rings. The van der Waals surface area contributed by atoms with Crippen LogP contribution in [0.2, 0.25) is 0 Å². The highest BCUT2D eigenvalue weighted by Crippen LogP contribution is 2.25. The number of hydrogen-bond donors (Lipinski definition) is 2. The van der Waals surface area contributed by atoms with E-state index in [0.717, 1.165) is 33.5 Å². The monoisotopic (exact) mass is 353 g/mol. The molecule has 1 heterocycles. The fourth-order valence-electron chi connectivity index (χ4n) is 2.91. The second kappa shape index (κ2) is 7.30. The molecule has 4 rings (SSSR count). The minimum atomic E-state index is -0.117. The fraction of sp³-hybridized carbons (Fsp3) is 0.0435. The smallest absolute Gasteiger partial charge is 0.255 e. The summed E-state index contributed by atoms with van der Waals surface area (Å²) in [6.07, 6.45) is 1.79. The number of pyridine rings is 1. The molecule has 0 saturated heterocycles. The molecule has 27 heavy (non-hydrogen) atoms. The Bertz CT molecular complexity index is 1080. The predicted octanol–water partition coefficient (Wildman–Crippen LogP) is 5.54. The number of aromatic nitrogens is 1. The summed E-state index contributed by atoms with van der Waals surface area (Å²) >= 11 is 0. The highest BCUT2D eigenvalue weighted by molar-refractivity contribution is 6.04. The van der Waals surface area contributed by atoms with Gasteiger partial charge in [0.15, 0.2) is 0 Å². The van der Waals surface area contributed by atoms with Gasteiger partial charge in [-0.2, -0.15) is 0 Å². The van der Waals surface area contributed by atoms with E-state index in [1.165, 1.54) is 0 Å². The number of nitrogens with one attached hydrogen (secondary N) is 2. The van der Waals surface area contributed by atoms with Crippen LogP contribution in [0.25, 0.3) is 10.9 Å². The van der Waals surface area contributed by atoms with Crippen LogP contribution in [0.15, 0.2) is 85.1 Å². The lowest BCUT2D eigenvalue weighted by molar-refractivity contribution is 0.102. The topological polar surface area (TPSA) is 54.0 Å². The molecule has 1 amide bonds. The Hall–Kier alpha value is -3.66. The van der Waals surface area contributed by atoms with Crippen LogP contribution < -0.4 is 10.6 Å². The molecular weight excluding hydrogens is 334 g/mol. The third-order valence-corrected chi connectivity index (χ3v) is 4.37. The van der Waals surface area contributed by atoms with Crippen molar-refractivity contribution >= 4 is 33.9 Å². The van der Waals surface area contributed by atoms with Crippen molar-refractivity contribution in [2.75, 3.05) is 10.6 Å². The van der Waals surface area contributed by atoms with Crippen molar-refractivity contribution in [3.05, 3.63) is 96.2 Å². The Balaban J connectivity index is 1.49. The van der Waals surface area contributed by atoms with Gasteiger partial charge >= 0.3 is 0 Å². The number of rotatable bonds is 4. The van der Waals surface area contributed by atoms with E-state index in [-0.39, 0.29) is 5.91 Å². The van der Waals surface area contributed by atoms with Crippen molar-refractivity contribution in [1.29, 1.82) is 0 Å². The number of amides is 1. The fourth-order valence-corrected chi connectivity index (χ4v) is 2.91. The molecule has 2 N–H and O–H groups in total. The summed E-state index contributed by atoms with van der Waals surface area (Å²) in [5.41, 5.74) is 5.33. The molecule has 0 aliphatic rings. The molecule has 0 saturated carbocycles. The van der Waals surface area contributed by atoms with Crippen molar-refractivity contribution in [3.63, 3.8) is 0 Å². The number of hydrogen-bond acceptors (Lipinski definition) is 3. The average Bonchev–Trinajstić information content (AvgIpc) is 2.70. The molecular formula is C23H19N3O. The third kappa shape index (κ3) is 3.80. The molecule has 0 bridgehead atoms. The van der Waals surface area contributed by atoms with Gasteiger partial charge in [-0.3, -0.25) is 9.78 Å². The van der Waals surface area contributed by atoms with Crippen LogP contribution in [0, 0.1) is 6.92 Å². The van der Waals surface area contributed by atoms with Gasteiger partial charge in [-0.15, -0.1) is 0 Å². The minimum absolute atomic E-state index is 0.117. The highest BCUT2D eigenvalue weighted by Gasteiger charge is 2.06. The highest BCUT2D eigenvalue weighted by atomic mass is 16.1. The zero-order valence-corrected chi connectivity index (χ0v) is 14.9. The molecule has 0 radical (unpaired) electrons. The molecule has 0 atom stereocenters. The van der Waals surface area contributed by atoms with Gasteiger partial charge in [-0.05, 0) is 55.5 Å². The minimum Gasteiger partial charge on any atom is -0.354 e. The summed E-state index contributed by atoms with van der Waals surface area (Å²) < 4.78 is 0. The molecule has 0 unspecified atom stereocenters. The van der Waals surface area contributed by atoms with Crippen LogP contribution in [0.1, 0.15) is 15.9 Å². The second-order valence-corrected chi connectivity index (χ2v) is 6.40. The first-order chi connectivity index (χ1) is 13.2. The van der Waals surface area contributed by atoms with Crippen molar-refractivity contribution in [2.24, 2.45) is 0 Å². The van der Waals surface area contributed by atoms with Gasteiger partial charge in [-0.25, -0.2) is 0 Å². The summed E-state index contributed by atoms with van der Waals surface area (Å²) in [4.78, 5) is 16.8. The normalized spacial score (nSPS) is 10.6. The lowest BCUT2D eigenvalue weighted by atomic mass is 10.1. The van der Waals surface area contributed by atoms with Crippen LogP contribution in [0.3, 0.4) is 0 Å². The van der Waals surface area contributed by atoms with Crippen LogP contribution in [-0.2, 0) is 0 Å². The Morgan fingerprint density at radius 3 is 2.30 bits per heavy atom. The molecule has 0 spiro atoms. The lowest BCUT2D eigenvalue weighted by Gasteiger charge is -2.10. The van der Waals surface area contributed by atoms with E-state index in [1.807, 2.05) is 85.8 Å². The number of anilines is 3. The van der Waals surface area contributed by atoms with E-state index in [9.17, 15) is 4.79 Å². The van der Waals surface area contributed by atoms with Crippen LogP contribution in [0.4, 0.5) is 17.1 Å². The number of carbonyl (C=O) groups is 1. The number of aryl methyl sites for hydroxylation is 1. The molecule has 4 nitrogen and oxygen atoms in total. The maximum Gasteiger partial charge on any atom is 0.255 e. The second-order valence-electron chi connectivity index (χ2n) is 6.40.